The third kappa shape index (κ3) is 4.13. The fraction of sp³-hybridized carbons (Fsp3) is 0.769. The van der Waals surface area contributed by atoms with Crippen molar-refractivity contribution >= 4 is 0 Å². The maximum absolute atomic E-state index is 5.71. The summed E-state index contributed by atoms with van der Waals surface area (Å²) in [6, 6.07) is 0. The van der Waals surface area contributed by atoms with Crippen LogP contribution < -0.4 is 5.32 Å². The van der Waals surface area contributed by atoms with Crippen molar-refractivity contribution in [1.82, 2.24) is 10.3 Å². The molecule has 2 heterocycles. The molecule has 1 saturated heterocycles. The second kappa shape index (κ2) is 6.77. The van der Waals surface area contributed by atoms with Crippen molar-refractivity contribution < 1.29 is 9.15 Å². The molecule has 0 spiro atoms. The first-order valence-corrected chi connectivity index (χ1v) is 6.64. The number of rotatable bonds is 7. The van der Waals surface area contributed by atoms with Gasteiger partial charge in [-0.25, -0.2) is 4.98 Å². The Labute approximate surface area is 103 Å². The van der Waals surface area contributed by atoms with Crippen LogP contribution >= 0.6 is 0 Å². The molecule has 17 heavy (non-hydrogen) atoms. The molecule has 0 saturated carbocycles. The summed E-state index contributed by atoms with van der Waals surface area (Å²) in [5.74, 6) is 1.83. The lowest BCUT2D eigenvalue weighted by molar-refractivity contribution is 0.106. The number of nitrogens with zero attached hydrogens (tertiary/aromatic N) is 1. The summed E-state index contributed by atoms with van der Waals surface area (Å²) in [7, 11) is 0. The van der Waals surface area contributed by atoms with Crippen LogP contribution in [0.15, 0.2) is 10.6 Å². The second-order valence-corrected chi connectivity index (χ2v) is 4.52. The third-order valence-corrected chi connectivity index (χ3v) is 3.05. The summed E-state index contributed by atoms with van der Waals surface area (Å²) in [4.78, 5) is 4.31. The van der Waals surface area contributed by atoms with E-state index in [1.165, 1.54) is 6.42 Å². The molecule has 0 bridgehead atoms. The highest BCUT2D eigenvalue weighted by Gasteiger charge is 2.17. The Morgan fingerprint density at radius 3 is 3.24 bits per heavy atom. The first-order chi connectivity index (χ1) is 8.38. The molecule has 1 aliphatic heterocycles. The lowest BCUT2D eigenvalue weighted by atomic mass is 10.1. The number of hydrogen-bond acceptors (Lipinski definition) is 4. The molecule has 0 amide bonds. The molecule has 0 radical (unpaired) electrons. The molecule has 1 aromatic heterocycles. The Morgan fingerprint density at radius 1 is 1.53 bits per heavy atom. The number of aryl methyl sites for hydroxylation is 1. The van der Waals surface area contributed by atoms with Gasteiger partial charge in [-0.05, 0) is 32.4 Å². The molecule has 1 fully saturated rings. The number of oxazole rings is 1. The van der Waals surface area contributed by atoms with Crippen LogP contribution in [0.5, 0.6) is 0 Å². The Balaban J connectivity index is 1.71. The zero-order valence-electron chi connectivity index (χ0n) is 10.6. The van der Waals surface area contributed by atoms with Crippen LogP contribution in [0, 0.1) is 0 Å². The fourth-order valence-electron chi connectivity index (χ4n) is 2.13. The minimum Gasteiger partial charge on any atom is -0.446 e. The topological polar surface area (TPSA) is 47.3 Å². The summed E-state index contributed by atoms with van der Waals surface area (Å²) in [6.45, 7) is 5.06. The average molecular weight is 238 g/mol. The van der Waals surface area contributed by atoms with Crippen molar-refractivity contribution in [3.8, 4) is 0 Å². The van der Waals surface area contributed by atoms with Gasteiger partial charge in [0.25, 0.3) is 0 Å². The van der Waals surface area contributed by atoms with Gasteiger partial charge in [0.15, 0.2) is 5.89 Å². The first kappa shape index (κ1) is 12.6. The van der Waals surface area contributed by atoms with E-state index in [4.69, 9.17) is 9.15 Å². The van der Waals surface area contributed by atoms with Gasteiger partial charge >= 0.3 is 0 Å². The van der Waals surface area contributed by atoms with Crippen LogP contribution in [0.4, 0.5) is 0 Å². The van der Waals surface area contributed by atoms with Crippen molar-refractivity contribution in [3.63, 3.8) is 0 Å². The van der Waals surface area contributed by atoms with Crippen molar-refractivity contribution in [2.24, 2.45) is 0 Å². The van der Waals surface area contributed by atoms with Crippen LogP contribution in [-0.4, -0.2) is 30.8 Å². The molecule has 2 rings (SSSR count). The maximum Gasteiger partial charge on any atom is 0.194 e. The molecular formula is C13H22N2O2. The van der Waals surface area contributed by atoms with E-state index in [0.29, 0.717) is 6.10 Å². The van der Waals surface area contributed by atoms with Crippen molar-refractivity contribution in [2.75, 3.05) is 19.7 Å². The highest BCUT2D eigenvalue weighted by atomic mass is 16.5. The van der Waals surface area contributed by atoms with Gasteiger partial charge in [0.2, 0.25) is 0 Å². The van der Waals surface area contributed by atoms with Gasteiger partial charge in [-0.1, -0.05) is 6.92 Å². The van der Waals surface area contributed by atoms with Gasteiger partial charge in [0, 0.05) is 19.4 Å². The largest absolute Gasteiger partial charge is 0.446 e. The van der Waals surface area contributed by atoms with E-state index in [-0.39, 0.29) is 0 Å². The highest BCUT2D eigenvalue weighted by Crippen LogP contribution is 2.17. The first-order valence-electron chi connectivity index (χ1n) is 6.64. The molecule has 1 atom stereocenters. The van der Waals surface area contributed by atoms with Gasteiger partial charge < -0.3 is 14.5 Å². The van der Waals surface area contributed by atoms with E-state index in [9.17, 15) is 0 Å². The Bertz CT molecular complexity index is 319. The summed E-state index contributed by atoms with van der Waals surface area (Å²) >= 11 is 0. The van der Waals surface area contributed by atoms with Gasteiger partial charge in [0.1, 0.15) is 5.76 Å². The highest BCUT2D eigenvalue weighted by molar-refractivity contribution is 4.97. The molecule has 96 valence electrons. The number of nitrogens with one attached hydrogen (secondary N) is 1. The molecular weight excluding hydrogens is 216 g/mol. The van der Waals surface area contributed by atoms with Gasteiger partial charge in [-0.15, -0.1) is 0 Å². The summed E-state index contributed by atoms with van der Waals surface area (Å²) in [6.07, 6.45) is 7.39. The molecule has 0 aromatic carbocycles. The standard InChI is InChI=1S/C13H22N2O2/c1-2-14-7-3-6-13-15-10-12(17-13)9-11-5-4-8-16-11/h10-11,14H,2-9H2,1H3. The summed E-state index contributed by atoms with van der Waals surface area (Å²) < 4.78 is 11.3. The lowest BCUT2D eigenvalue weighted by Gasteiger charge is -2.05. The Hall–Kier alpha value is -0.870. The van der Waals surface area contributed by atoms with Crippen LogP contribution in [0.2, 0.25) is 0 Å². The maximum atomic E-state index is 5.71. The molecule has 1 N–H and O–H groups in total. The van der Waals surface area contributed by atoms with Gasteiger partial charge in [0.05, 0.1) is 12.3 Å². The zero-order chi connectivity index (χ0) is 11.9. The van der Waals surface area contributed by atoms with E-state index in [1.54, 1.807) is 0 Å². The lowest BCUT2D eigenvalue weighted by Crippen LogP contribution is -2.14. The predicted octanol–water partition coefficient (Wildman–Crippen LogP) is 1.94. The number of hydrogen-bond donors (Lipinski definition) is 1. The molecule has 1 unspecified atom stereocenters. The average Bonchev–Trinajstić information content (AvgIpc) is 2.97. The molecule has 1 aliphatic rings. The van der Waals surface area contributed by atoms with Crippen LogP contribution in [0.25, 0.3) is 0 Å². The monoisotopic (exact) mass is 238 g/mol. The van der Waals surface area contributed by atoms with Crippen molar-refractivity contribution in [2.45, 2.75) is 45.1 Å². The summed E-state index contributed by atoms with van der Waals surface area (Å²) in [5, 5.41) is 3.29. The third-order valence-electron chi connectivity index (χ3n) is 3.05. The molecule has 4 heteroatoms. The van der Waals surface area contributed by atoms with E-state index in [2.05, 4.69) is 17.2 Å². The molecule has 0 aliphatic carbocycles. The van der Waals surface area contributed by atoms with Crippen LogP contribution in [-0.2, 0) is 17.6 Å². The smallest absolute Gasteiger partial charge is 0.194 e. The number of ether oxygens (including phenoxy) is 1. The summed E-state index contributed by atoms with van der Waals surface area (Å²) in [5.41, 5.74) is 0. The van der Waals surface area contributed by atoms with Crippen molar-refractivity contribution in [1.29, 1.82) is 0 Å². The predicted molar refractivity (Wildman–Crippen MR) is 66.0 cm³/mol. The fourth-order valence-corrected chi connectivity index (χ4v) is 2.13. The minimum absolute atomic E-state index is 0.345. The van der Waals surface area contributed by atoms with Crippen molar-refractivity contribution in [3.05, 3.63) is 17.8 Å². The molecule has 1 aromatic rings. The van der Waals surface area contributed by atoms with E-state index in [1.807, 2.05) is 6.20 Å². The van der Waals surface area contributed by atoms with Crippen LogP contribution in [0.1, 0.15) is 37.8 Å². The quantitative estimate of drug-likeness (QED) is 0.737. The van der Waals surface area contributed by atoms with Crippen LogP contribution in [0.3, 0.4) is 0 Å². The van der Waals surface area contributed by atoms with E-state index in [0.717, 1.165) is 57.0 Å². The Morgan fingerprint density at radius 2 is 2.47 bits per heavy atom. The van der Waals surface area contributed by atoms with Gasteiger partial charge in [-0.3, -0.25) is 0 Å². The van der Waals surface area contributed by atoms with Gasteiger partial charge in [-0.2, -0.15) is 0 Å². The normalized spacial score (nSPS) is 19.9. The zero-order valence-corrected chi connectivity index (χ0v) is 10.6. The molecule has 4 nitrogen and oxygen atoms in total. The number of aromatic nitrogens is 1. The van der Waals surface area contributed by atoms with E-state index >= 15 is 0 Å². The second-order valence-electron chi connectivity index (χ2n) is 4.52. The minimum atomic E-state index is 0.345. The Kier molecular flexibility index (Phi) is 5.01. The SMILES string of the molecule is CCNCCCc1ncc(CC2CCCO2)o1. The van der Waals surface area contributed by atoms with E-state index < -0.39 is 0 Å².